The highest BCUT2D eigenvalue weighted by Gasteiger charge is 2.24. The lowest BCUT2D eigenvalue weighted by atomic mass is 10.0. The number of aliphatic hydroxyl groups is 1. The molecule has 1 unspecified atom stereocenters. The summed E-state index contributed by atoms with van der Waals surface area (Å²) in [4.78, 5) is 11.9. The number of hydrogen-bond donors (Lipinski definition) is 2. The maximum atomic E-state index is 11.9. The van der Waals surface area contributed by atoms with E-state index in [0.717, 1.165) is 11.1 Å². The van der Waals surface area contributed by atoms with Crippen LogP contribution in [0.4, 0.5) is 4.79 Å². The van der Waals surface area contributed by atoms with E-state index < -0.39 is 12.1 Å². The monoisotopic (exact) mass is 311 g/mol. The van der Waals surface area contributed by atoms with Crippen molar-refractivity contribution in [2.75, 3.05) is 6.61 Å². The van der Waals surface area contributed by atoms with E-state index in [1.807, 2.05) is 42.5 Å². The zero-order valence-electron chi connectivity index (χ0n) is 12.9. The van der Waals surface area contributed by atoms with Gasteiger partial charge < -0.3 is 15.2 Å². The van der Waals surface area contributed by atoms with Crippen molar-refractivity contribution in [2.45, 2.75) is 31.4 Å². The molecule has 0 aromatic heterocycles. The minimum Gasteiger partial charge on any atom is -0.445 e. The Morgan fingerprint density at radius 3 is 2.65 bits per heavy atom. The number of carbonyl (C=O) groups is 1. The molecule has 0 heterocycles. The van der Waals surface area contributed by atoms with Gasteiger partial charge >= 0.3 is 6.09 Å². The summed E-state index contributed by atoms with van der Waals surface area (Å²) in [5.41, 5.74) is 3.12. The summed E-state index contributed by atoms with van der Waals surface area (Å²) in [6.45, 7) is 0.0570. The third-order valence-corrected chi connectivity index (χ3v) is 4.05. The Balaban J connectivity index is 1.58. The molecule has 0 radical (unpaired) electrons. The van der Waals surface area contributed by atoms with Crippen molar-refractivity contribution in [1.29, 1.82) is 0 Å². The average molecular weight is 311 g/mol. The summed E-state index contributed by atoms with van der Waals surface area (Å²) in [7, 11) is 0. The third-order valence-electron chi connectivity index (χ3n) is 4.05. The summed E-state index contributed by atoms with van der Waals surface area (Å²) in [6, 6.07) is 17.1. The van der Waals surface area contributed by atoms with Crippen molar-refractivity contribution in [3.63, 3.8) is 0 Å². The van der Waals surface area contributed by atoms with Crippen LogP contribution in [0.5, 0.6) is 0 Å². The van der Waals surface area contributed by atoms with Gasteiger partial charge in [-0.3, -0.25) is 0 Å². The summed E-state index contributed by atoms with van der Waals surface area (Å²) in [5.74, 6) is 0.638. The van der Waals surface area contributed by atoms with Gasteiger partial charge in [0, 0.05) is 0 Å². The van der Waals surface area contributed by atoms with E-state index >= 15 is 0 Å². The Hall–Kier alpha value is -2.33. The summed E-state index contributed by atoms with van der Waals surface area (Å²) in [6.07, 6.45) is 1.92. The fourth-order valence-corrected chi connectivity index (χ4v) is 2.59. The second kappa shape index (κ2) is 7.29. The molecule has 23 heavy (non-hydrogen) atoms. The van der Waals surface area contributed by atoms with E-state index in [9.17, 15) is 9.90 Å². The number of rotatable bonds is 6. The maximum Gasteiger partial charge on any atom is 0.408 e. The zero-order chi connectivity index (χ0) is 16.1. The number of alkyl carbamates (subject to hydrolysis) is 1. The average Bonchev–Trinajstić information content (AvgIpc) is 3.44. The van der Waals surface area contributed by atoms with Crippen LogP contribution >= 0.6 is 0 Å². The Morgan fingerprint density at radius 2 is 1.96 bits per heavy atom. The van der Waals surface area contributed by atoms with Gasteiger partial charge in [0.15, 0.2) is 0 Å². The standard InChI is InChI=1S/C19H21NO3/c21-12-18(17-8-4-7-16(11-17)15-9-10-15)20-19(22)23-13-14-5-2-1-3-6-14/h1-8,11,15,18,21H,9-10,12-13H2,(H,20,22). The first kappa shape index (κ1) is 15.6. The summed E-state index contributed by atoms with van der Waals surface area (Å²) >= 11 is 0. The van der Waals surface area contributed by atoms with Crippen LogP contribution < -0.4 is 5.32 Å². The molecule has 4 heteroatoms. The van der Waals surface area contributed by atoms with Crippen molar-refractivity contribution in [1.82, 2.24) is 5.32 Å². The van der Waals surface area contributed by atoms with Crippen LogP contribution in [0, 0.1) is 0 Å². The van der Waals surface area contributed by atoms with Crippen molar-refractivity contribution >= 4 is 6.09 Å². The van der Waals surface area contributed by atoms with Gasteiger partial charge in [-0.15, -0.1) is 0 Å². The zero-order valence-corrected chi connectivity index (χ0v) is 12.9. The molecule has 0 spiro atoms. The van der Waals surface area contributed by atoms with E-state index in [1.54, 1.807) is 0 Å². The molecule has 4 nitrogen and oxygen atoms in total. The summed E-state index contributed by atoms with van der Waals surface area (Å²) in [5, 5.41) is 12.3. The van der Waals surface area contributed by atoms with E-state index in [0.29, 0.717) is 5.92 Å². The van der Waals surface area contributed by atoms with Gasteiger partial charge in [-0.25, -0.2) is 4.79 Å². The smallest absolute Gasteiger partial charge is 0.408 e. The Labute approximate surface area is 136 Å². The Kier molecular flexibility index (Phi) is 4.93. The van der Waals surface area contributed by atoms with Gasteiger partial charge in [0.25, 0.3) is 0 Å². The number of benzene rings is 2. The predicted molar refractivity (Wildman–Crippen MR) is 88.0 cm³/mol. The number of nitrogens with one attached hydrogen (secondary N) is 1. The lowest BCUT2D eigenvalue weighted by molar-refractivity contribution is 0.129. The molecule has 1 aliphatic rings. The summed E-state index contributed by atoms with van der Waals surface area (Å²) < 4.78 is 5.21. The molecule has 0 bridgehead atoms. The topological polar surface area (TPSA) is 58.6 Å². The lowest BCUT2D eigenvalue weighted by Gasteiger charge is -2.17. The molecule has 3 rings (SSSR count). The normalized spacial score (nSPS) is 15.0. The quantitative estimate of drug-likeness (QED) is 0.858. The molecule has 1 saturated carbocycles. The largest absolute Gasteiger partial charge is 0.445 e. The van der Waals surface area contributed by atoms with Gasteiger partial charge in [-0.2, -0.15) is 0 Å². The molecule has 0 aliphatic heterocycles. The Bertz CT molecular complexity index is 653. The molecule has 2 aromatic rings. The van der Waals surface area contributed by atoms with Crippen molar-refractivity contribution in [2.24, 2.45) is 0 Å². The second-order valence-electron chi connectivity index (χ2n) is 5.89. The van der Waals surface area contributed by atoms with Gasteiger partial charge in [0.05, 0.1) is 12.6 Å². The predicted octanol–water partition coefficient (Wildman–Crippen LogP) is 3.52. The molecule has 2 N–H and O–H groups in total. The van der Waals surface area contributed by atoms with Crippen LogP contribution in [-0.2, 0) is 11.3 Å². The van der Waals surface area contributed by atoms with E-state index in [4.69, 9.17) is 4.74 Å². The lowest BCUT2D eigenvalue weighted by Crippen LogP contribution is -2.31. The first-order chi connectivity index (χ1) is 11.3. The van der Waals surface area contributed by atoms with E-state index in [-0.39, 0.29) is 13.2 Å². The number of hydrogen-bond acceptors (Lipinski definition) is 3. The van der Waals surface area contributed by atoms with Crippen LogP contribution in [0.3, 0.4) is 0 Å². The van der Waals surface area contributed by atoms with Crippen molar-refractivity contribution in [3.8, 4) is 0 Å². The Morgan fingerprint density at radius 1 is 1.17 bits per heavy atom. The van der Waals surface area contributed by atoms with Crippen molar-refractivity contribution < 1.29 is 14.6 Å². The molecule has 120 valence electrons. The molecule has 1 aliphatic carbocycles. The highest BCUT2D eigenvalue weighted by molar-refractivity contribution is 5.68. The van der Waals surface area contributed by atoms with Gasteiger partial charge in [0.1, 0.15) is 6.61 Å². The first-order valence-electron chi connectivity index (χ1n) is 7.94. The number of amides is 1. The molecule has 1 amide bonds. The number of carbonyl (C=O) groups excluding carboxylic acids is 1. The third kappa shape index (κ3) is 4.33. The highest BCUT2D eigenvalue weighted by Crippen LogP contribution is 2.40. The number of aliphatic hydroxyl groups excluding tert-OH is 1. The van der Waals surface area contributed by atoms with E-state index in [2.05, 4.69) is 17.4 Å². The SMILES string of the molecule is O=C(NC(CO)c1cccc(C2CC2)c1)OCc1ccccc1. The number of ether oxygens (including phenoxy) is 1. The van der Waals surface area contributed by atoms with Crippen LogP contribution in [-0.4, -0.2) is 17.8 Å². The van der Waals surface area contributed by atoms with Crippen LogP contribution in [0.15, 0.2) is 54.6 Å². The van der Waals surface area contributed by atoms with Crippen LogP contribution in [0.1, 0.15) is 41.5 Å². The second-order valence-corrected chi connectivity index (χ2v) is 5.89. The minimum atomic E-state index is -0.523. The van der Waals surface area contributed by atoms with Crippen molar-refractivity contribution in [3.05, 3.63) is 71.3 Å². The van der Waals surface area contributed by atoms with Gasteiger partial charge in [-0.05, 0) is 35.4 Å². The molecule has 0 saturated heterocycles. The fraction of sp³-hybridized carbons (Fsp3) is 0.316. The van der Waals surface area contributed by atoms with Crippen LogP contribution in [0.2, 0.25) is 0 Å². The van der Waals surface area contributed by atoms with E-state index in [1.165, 1.54) is 18.4 Å². The molecule has 1 atom stereocenters. The molecule has 1 fully saturated rings. The molecular formula is C19H21NO3. The van der Waals surface area contributed by atoms with Crippen LogP contribution in [0.25, 0.3) is 0 Å². The molecule has 2 aromatic carbocycles. The first-order valence-corrected chi connectivity index (χ1v) is 7.94. The fourth-order valence-electron chi connectivity index (χ4n) is 2.59. The maximum absolute atomic E-state index is 11.9. The highest BCUT2D eigenvalue weighted by atomic mass is 16.5. The van der Waals surface area contributed by atoms with Gasteiger partial charge in [-0.1, -0.05) is 54.6 Å². The molecular weight excluding hydrogens is 290 g/mol. The van der Waals surface area contributed by atoms with Gasteiger partial charge in [0.2, 0.25) is 0 Å². The minimum absolute atomic E-state index is 0.158.